The lowest BCUT2D eigenvalue weighted by Crippen LogP contribution is -2.46. The minimum absolute atomic E-state index is 0.0262. The molecule has 1 aromatic carbocycles. The van der Waals surface area contributed by atoms with Crippen LogP contribution in [0.2, 0.25) is 0 Å². The Hall–Kier alpha value is -0.920. The normalized spacial score (nSPS) is 23.0. The number of unbranched alkanes of at least 4 members (excludes halogenated alkanes) is 1. The van der Waals surface area contributed by atoms with Gasteiger partial charge in [-0.15, -0.1) is 0 Å². The number of nitrogens with zero attached hydrogens (tertiary/aromatic N) is 1. The molecule has 2 rings (SSSR count). The average molecular weight is 331 g/mol. The van der Waals surface area contributed by atoms with Crippen LogP contribution in [0.5, 0.6) is 0 Å². The molecule has 5 nitrogen and oxygen atoms in total. The summed E-state index contributed by atoms with van der Waals surface area (Å²) in [5.41, 5.74) is 0.660. The lowest BCUT2D eigenvalue weighted by molar-refractivity contribution is 0.403. The van der Waals surface area contributed by atoms with Crippen LogP contribution in [0.25, 0.3) is 0 Å². The van der Waals surface area contributed by atoms with Crippen LogP contribution in [0.1, 0.15) is 30.6 Å². The maximum atomic E-state index is 12.3. The van der Waals surface area contributed by atoms with Crippen LogP contribution in [0.15, 0.2) is 30.3 Å². The van der Waals surface area contributed by atoms with Gasteiger partial charge in [-0.2, -0.15) is 4.31 Å². The molecule has 7 heteroatoms. The van der Waals surface area contributed by atoms with Gasteiger partial charge in [0.2, 0.25) is 10.0 Å². The molecule has 1 aromatic rings. The largest absolute Gasteiger partial charge is 0.228 e. The van der Waals surface area contributed by atoms with E-state index in [4.69, 9.17) is 0 Å². The molecule has 1 aliphatic rings. The molecule has 0 aromatic heterocycles. The van der Waals surface area contributed by atoms with Gasteiger partial charge in [-0.3, -0.25) is 0 Å². The minimum atomic E-state index is -3.37. The first-order chi connectivity index (χ1) is 9.87. The Morgan fingerprint density at radius 2 is 1.90 bits per heavy atom. The maximum Gasteiger partial charge on any atom is 0.214 e. The van der Waals surface area contributed by atoms with Crippen molar-refractivity contribution in [2.45, 2.75) is 25.0 Å². The lowest BCUT2D eigenvalue weighted by Gasteiger charge is -2.32. The molecule has 0 amide bonds. The van der Waals surface area contributed by atoms with E-state index in [0.29, 0.717) is 12.0 Å². The first kappa shape index (κ1) is 16.5. The Bertz CT molecular complexity index is 668. The summed E-state index contributed by atoms with van der Waals surface area (Å²) in [6.45, 7) is 2.03. The van der Waals surface area contributed by atoms with Crippen LogP contribution in [-0.4, -0.2) is 45.7 Å². The van der Waals surface area contributed by atoms with Crippen molar-refractivity contribution in [3.05, 3.63) is 35.9 Å². The van der Waals surface area contributed by atoms with Gasteiger partial charge in [-0.25, -0.2) is 16.8 Å². The molecule has 0 N–H and O–H groups in total. The molecule has 1 unspecified atom stereocenters. The molecule has 0 saturated carbocycles. The Labute approximate surface area is 126 Å². The van der Waals surface area contributed by atoms with E-state index in [1.807, 2.05) is 13.0 Å². The second-order valence-corrected chi connectivity index (χ2v) is 9.69. The molecule has 1 fully saturated rings. The Morgan fingerprint density at radius 3 is 2.52 bits per heavy atom. The van der Waals surface area contributed by atoms with Crippen molar-refractivity contribution in [3.8, 4) is 0 Å². The maximum absolute atomic E-state index is 12.3. The summed E-state index contributed by atoms with van der Waals surface area (Å²) in [7, 11) is -6.66. The number of sulfonamides is 1. The van der Waals surface area contributed by atoms with Gasteiger partial charge in [-0.05, 0) is 12.0 Å². The molecule has 0 spiro atoms. The van der Waals surface area contributed by atoms with Crippen molar-refractivity contribution in [1.29, 1.82) is 0 Å². The molecule has 21 heavy (non-hydrogen) atoms. The van der Waals surface area contributed by atoms with E-state index in [1.165, 1.54) is 4.31 Å². The number of rotatable bonds is 5. The lowest BCUT2D eigenvalue weighted by atomic mass is 10.1. The van der Waals surface area contributed by atoms with Gasteiger partial charge in [0.25, 0.3) is 0 Å². The third kappa shape index (κ3) is 3.84. The molecule has 1 heterocycles. The van der Waals surface area contributed by atoms with Crippen LogP contribution in [-0.2, 0) is 19.9 Å². The zero-order chi connectivity index (χ0) is 15.5. The minimum Gasteiger partial charge on any atom is -0.228 e. The Balaban J connectivity index is 2.25. The molecule has 0 radical (unpaired) electrons. The number of sulfone groups is 1. The third-order valence-corrected chi connectivity index (χ3v) is 7.71. The molecule has 0 aliphatic carbocycles. The molecule has 1 aliphatic heterocycles. The summed E-state index contributed by atoms with van der Waals surface area (Å²) in [4.78, 5) is 0. The summed E-state index contributed by atoms with van der Waals surface area (Å²) in [6.07, 6.45) is 1.40. The van der Waals surface area contributed by atoms with Crippen LogP contribution < -0.4 is 0 Å². The summed E-state index contributed by atoms with van der Waals surface area (Å²) >= 11 is 0. The molecular formula is C14H21NO4S2. The quantitative estimate of drug-likeness (QED) is 0.821. The zero-order valence-corrected chi connectivity index (χ0v) is 13.7. The predicted molar refractivity (Wildman–Crippen MR) is 83.2 cm³/mol. The molecule has 1 atom stereocenters. The van der Waals surface area contributed by atoms with Crippen molar-refractivity contribution < 1.29 is 16.8 Å². The fourth-order valence-corrected chi connectivity index (χ4v) is 6.06. The highest BCUT2D eigenvalue weighted by atomic mass is 32.2. The van der Waals surface area contributed by atoms with Gasteiger partial charge in [0, 0.05) is 13.1 Å². The monoisotopic (exact) mass is 331 g/mol. The van der Waals surface area contributed by atoms with E-state index in [0.717, 1.165) is 6.42 Å². The predicted octanol–water partition coefficient (Wildman–Crippen LogP) is 1.59. The summed E-state index contributed by atoms with van der Waals surface area (Å²) < 4.78 is 50.4. The Kier molecular flexibility index (Phi) is 5.06. The standard InChI is InChI=1S/C14H21NO4S2/c1-2-3-10-21(18,19)15-9-11-20(16,17)14(12-15)13-7-5-4-6-8-13/h4-8,14H,2-3,9-12H2,1H3. The third-order valence-electron chi connectivity index (χ3n) is 3.75. The first-order valence-corrected chi connectivity index (χ1v) is 10.4. The van der Waals surface area contributed by atoms with Crippen LogP contribution in [0.4, 0.5) is 0 Å². The Morgan fingerprint density at radius 1 is 1.24 bits per heavy atom. The number of benzene rings is 1. The van der Waals surface area contributed by atoms with E-state index in [1.54, 1.807) is 24.3 Å². The second kappa shape index (κ2) is 6.46. The first-order valence-electron chi connectivity index (χ1n) is 7.11. The SMILES string of the molecule is CCCCS(=O)(=O)N1CCS(=O)(=O)C(c2ccccc2)C1. The van der Waals surface area contributed by atoms with E-state index >= 15 is 0 Å². The van der Waals surface area contributed by atoms with E-state index in [-0.39, 0.29) is 24.6 Å². The summed E-state index contributed by atoms with van der Waals surface area (Å²) in [5.74, 6) is -0.0248. The summed E-state index contributed by atoms with van der Waals surface area (Å²) in [5, 5.41) is -0.760. The van der Waals surface area contributed by atoms with Crippen molar-refractivity contribution in [3.63, 3.8) is 0 Å². The van der Waals surface area contributed by atoms with Gasteiger partial charge < -0.3 is 0 Å². The molecule has 0 bridgehead atoms. The highest BCUT2D eigenvalue weighted by molar-refractivity contribution is 7.92. The number of hydrogen-bond donors (Lipinski definition) is 0. The van der Waals surface area contributed by atoms with Gasteiger partial charge in [0.05, 0.1) is 11.5 Å². The van der Waals surface area contributed by atoms with Crippen LogP contribution >= 0.6 is 0 Å². The van der Waals surface area contributed by atoms with Gasteiger partial charge in [0.15, 0.2) is 9.84 Å². The van der Waals surface area contributed by atoms with Crippen LogP contribution in [0.3, 0.4) is 0 Å². The van der Waals surface area contributed by atoms with Crippen molar-refractivity contribution in [2.24, 2.45) is 0 Å². The second-order valence-electron chi connectivity index (χ2n) is 5.29. The van der Waals surface area contributed by atoms with Crippen LogP contribution in [0, 0.1) is 0 Å². The van der Waals surface area contributed by atoms with E-state index in [2.05, 4.69) is 0 Å². The molecular weight excluding hydrogens is 310 g/mol. The molecule has 1 saturated heterocycles. The van der Waals surface area contributed by atoms with Gasteiger partial charge in [-0.1, -0.05) is 43.7 Å². The van der Waals surface area contributed by atoms with E-state index in [9.17, 15) is 16.8 Å². The van der Waals surface area contributed by atoms with Crippen molar-refractivity contribution in [2.75, 3.05) is 24.6 Å². The average Bonchev–Trinajstić information content (AvgIpc) is 2.45. The van der Waals surface area contributed by atoms with Crippen molar-refractivity contribution >= 4 is 19.9 Å². The zero-order valence-electron chi connectivity index (χ0n) is 12.1. The van der Waals surface area contributed by atoms with Gasteiger partial charge >= 0.3 is 0 Å². The molecule has 118 valence electrons. The topological polar surface area (TPSA) is 71.5 Å². The highest BCUT2D eigenvalue weighted by Gasteiger charge is 2.38. The summed E-state index contributed by atoms with van der Waals surface area (Å²) in [6, 6.07) is 8.84. The fourth-order valence-electron chi connectivity index (χ4n) is 2.45. The smallest absolute Gasteiger partial charge is 0.214 e. The highest BCUT2D eigenvalue weighted by Crippen LogP contribution is 2.29. The number of hydrogen-bond acceptors (Lipinski definition) is 4. The van der Waals surface area contributed by atoms with Gasteiger partial charge in [0.1, 0.15) is 5.25 Å². The van der Waals surface area contributed by atoms with E-state index < -0.39 is 25.1 Å². The van der Waals surface area contributed by atoms with Crippen molar-refractivity contribution in [1.82, 2.24) is 4.31 Å². The fraction of sp³-hybridized carbons (Fsp3) is 0.571.